The second-order valence-corrected chi connectivity index (χ2v) is 7.02. The first-order chi connectivity index (χ1) is 9.78. The van der Waals surface area contributed by atoms with Gasteiger partial charge in [0, 0.05) is 49.3 Å². The third kappa shape index (κ3) is 3.32. The summed E-state index contributed by atoms with van der Waals surface area (Å²) in [6, 6.07) is 1.33. The van der Waals surface area contributed by atoms with Crippen molar-refractivity contribution in [1.82, 2.24) is 15.2 Å². The molecule has 1 aliphatic heterocycles. The molecule has 2 aliphatic rings. The molecule has 1 aliphatic carbocycles. The number of thiazole rings is 1. The van der Waals surface area contributed by atoms with Gasteiger partial charge in [-0.25, -0.2) is 4.98 Å². The number of aromatic nitrogens is 1. The lowest BCUT2D eigenvalue weighted by Crippen LogP contribution is -2.47. The van der Waals surface area contributed by atoms with Gasteiger partial charge in [0.1, 0.15) is 0 Å². The summed E-state index contributed by atoms with van der Waals surface area (Å²) in [6.07, 6.45) is 6.07. The Bertz CT molecular complexity index is 421. The summed E-state index contributed by atoms with van der Waals surface area (Å²) in [5, 5.41) is 4.75. The molecular formula is C15H26N4S. The number of rotatable bonds is 6. The summed E-state index contributed by atoms with van der Waals surface area (Å²) >= 11 is 1.86. The van der Waals surface area contributed by atoms with Crippen molar-refractivity contribution in [3.8, 4) is 0 Å². The van der Waals surface area contributed by atoms with Crippen LogP contribution in [0.1, 0.15) is 44.0 Å². The maximum atomic E-state index is 4.64. The van der Waals surface area contributed by atoms with Crippen molar-refractivity contribution in [2.24, 2.45) is 0 Å². The van der Waals surface area contributed by atoms with E-state index in [2.05, 4.69) is 40.1 Å². The lowest BCUT2D eigenvalue weighted by Gasteiger charge is -2.34. The minimum Gasteiger partial charge on any atom is -0.346 e. The van der Waals surface area contributed by atoms with Crippen LogP contribution in [0.2, 0.25) is 0 Å². The van der Waals surface area contributed by atoms with E-state index in [0.29, 0.717) is 6.04 Å². The molecule has 0 spiro atoms. The van der Waals surface area contributed by atoms with Gasteiger partial charge in [0.2, 0.25) is 0 Å². The SMILES string of the molecule is CCCNC(C)c1cnc(N2CCN(C3CC3)CC2)s1. The van der Waals surface area contributed by atoms with E-state index in [1.807, 2.05) is 11.3 Å². The molecule has 1 saturated heterocycles. The fourth-order valence-electron chi connectivity index (χ4n) is 2.80. The normalized spacial score (nSPS) is 22.2. The second-order valence-electron chi connectivity index (χ2n) is 5.98. The Morgan fingerprint density at radius 3 is 2.75 bits per heavy atom. The highest BCUT2D eigenvalue weighted by atomic mass is 32.1. The standard InChI is InChI=1S/C15H26N4S/c1-3-6-16-12(2)14-11-17-15(20-14)19-9-7-18(8-10-19)13-4-5-13/h11-13,16H,3-10H2,1-2H3. The molecule has 1 N–H and O–H groups in total. The molecule has 112 valence electrons. The Balaban J connectivity index is 1.54. The van der Waals surface area contributed by atoms with E-state index >= 15 is 0 Å². The van der Waals surface area contributed by atoms with Gasteiger partial charge in [-0.3, -0.25) is 4.90 Å². The first-order valence-electron chi connectivity index (χ1n) is 7.96. The van der Waals surface area contributed by atoms with E-state index in [9.17, 15) is 0 Å². The van der Waals surface area contributed by atoms with Gasteiger partial charge < -0.3 is 10.2 Å². The van der Waals surface area contributed by atoms with Crippen molar-refractivity contribution >= 4 is 16.5 Å². The van der Waals surface area contributed by atoms with E-state index in [1.54, 1.807) is 0 Å². The van der Waals surface area contributed by atoms with Crippen molar-refractivity contribution in [3.63, 3.8) is 0 Å². The van der Waals surface area contributed by atoms with Crippen molar-refractivity contribution in [3.05, 3.63) is 11.1 Å². The lowest BCUT2D eigenvalue weighted by atomic mass is 10.3. The van der Waals surface area contributed by atoms with E-state index in [4.69, 9.17) is 0 Å². The van der Waals surface area contributed by atoms with Crippen LogP contribution in [0.15, 0.2) is 6.20 Å². The number of hydrogen-bond acceptors (Lipinski definition) is 5. The van der Waals surface area contributed by atoms with Gasteiger partial charge >= 0.3 is 0 Å². The molecule has 0 amide bonds. The molecule has 20 heavy (non-hydrogen) atoms. The number of hydrogen-bond donors (Lipinski definition) is 1. The topological polar surface area (TPSA) is 31.4 Å². The molecule has 1 aromatic rings. The zero-order chi connectivity index (χ0) is 13.9. The van der Waals surface area contributed by atoms with Gasteiger partial charge in [-0.05, 0) is 32.7 Å². The zero-order valence-electron chi connectivity index (χ0n) is 12.6. The van der Waals surface area contributed by atoms with Crippen LogP contribution in [0.5, 0.6) is 0 Å². The minimum absolute atomic E-state index is 0.425. The second kappa shape index (κ2) is 6.41. The fraction of sp³-hybridized carbons (Fsp3) is 0.800. The van der Waals surface area contributed by atoms with Crippen molar-refractivity contribution < 1.29 is 0 Å². The van der Waals surface area contributed by atoms with E-state index in [0.717, 1.165) is 25.7 Å². The lowest BCUT2D eigenvalue weighted by molar-refractivity contribution is 0.248. The zero-order valence-corrected chi connectivity index (χ0v) is 13.5. The molecule has 0 bridgehead atoms. The summed E-state index contributed by atoms with van der Waals surface area (Å²) in [6.45, 7) is 10.2. The average Bonchev–Trinajstić information content (AvgIpc) is 3.22. The van der Waals surface area contributed by atoms with Crippen molar-refractivity contribution in [1.29, 1.82) is 0 Å². The van der Waals surface area contributed by atoms with Crippen molar-refractivity contribution in [2.45, 2.75) is 45.2 Å². The summed E-state index contributed by atoms with van der Waals surface area (Å²) in [7, 11) is 0. The highest BCUT2D eigenvalue weighted by Gasteiger charge is 2.31. The molecule has 1 unspecified atom stereocenters. The smallest absolute Gasteiger partial charge is 0.185 e. The summed E-state index contributed by atoms with van der Waals surface area (Å²) in [5.41, 5.74) is 0. The van der Waals surface area contributed by atoms with Crippen LogP contribution >= 0.6 is 11.3 Å². The fourth-order valence-corrected chi connectivity index (χ4v) is 3.80. The summed E-state index contributed by atoms with van der Waals surface area (Å²) in [4.78, 5) is 11.1. The van der Waals surface area contributed by atoms with Gasteiger partial charge in [0.05, 0.1) is 0 Å². The van der Waals surface area contributed by atoms with Gasteiger partial charge in [-0.2, -0.15) is 0 Å². The maximum absolute atomic E-state index is 4.64. The van der Waals surface area contributed by atoms with Crippen LogP contribution in [0.4, 0.5) is 5.13 Å². The molecule has 1 aromatic heterocycles. The molecule has 5 heteroatoms. The van der Waals surface area contributed by atoms with E-state index in [-0.39, 0.29) is 0 Å². The van der Waals surface area contributed by atoms with Gasteiger partial charge in [0.25, 0.3) is 0 Å². The molecule has 2 fully saturated rings. The number of nitrogens with one attached hydrogen (secondary N) is 1. The Morgan fingerprint density at radius 2 is 2.10 bits per heavy atom. The molecule has 3 rings (SSSR count). The number of piperazine rings is 1. The molecule has 1 atom stereocenters. The Hall–Kier alpha value is -0.650. The predicted molar refractivity (Wildman–Crippen MR) is 85.6 cm³/mol. The third-order valence-corrected chi connectivity index (χ3v) is 5.53. The first kappa shape index (κ1) is 14.3. The molecule has 4 nitrogen and oxygen atoms in total. The molecule has 0 aromatic carbocycles. The summed E-state index contributed by atoms with van der Waals surface area (Å²) in [5.74, 6) is 0. The van der Waals surface area contributed by atoms with Crippen LogP contribution in [0.25, 0.3) is 0 Å². The number of anilines is 1. The average molecular weight is 294 g/mol. The molecule has 0 radical (unpaired) electrons. The van der Waals surface area contributed by atoms with E-state index < -0.39 is 0 Å². The predicted octanol–water partition coefficient (Wildman–Crippen LogP) is 2.49. The van der Waals surface area contributed by atoms with Crippen molar-refractivity contribution in [2.75, 3.05) is 37.6 Å². The van der Waals surface area contributed by atoms with Crippen LogP contribution in [0, 0.1) is 0 Å². The largest absolute Gasteiger partial charge is 0.346 e. The highest BCUT2D eigenvalue weighted by Crippen LogP contribution is 2.31. The third-order valence-electron chi connectivity index (χ3n) is 4.29. The van der Waals surface area contributed by atoms with Gasteiger partial charge in [0.15, 0.2) is 5.13 Å². The summed E-state index contributed by atoms with van der Waals surface area (Å²) < 4.78 is 0. The monoisotopic (exact) mass is 294 g/mol. The Labute approximate surface area is 126 Å². The molecule has 2 heterocycles. The minimum atomic E-state index is 0.425. The van der Waals surface area contributed by atoms with E-state index in [1.165, 1.54) is 42.4 Å². The van der Waals surface area contributed by atoms with Crippen LogP contribution in [-0.4, -0.2) is 48.6 Å². The van der Waals surface area contributed by atoms with Crippen LogP contribution in [0.3, 0.4) is 0 Å². The van der Waals surface area contributed by atoms with Gasteiger partial charge in [-0.15, -0.1) is 11.3 Å². The maximum Gasteiger partial charge on any atom is 0.185 e. The molecular weight excluding hydrogens is 268 g/mol. The van der Waals surface area contributed by atoms with Gasteiger partial charge in [-0.1, -0.05) is 6.92 Å². The Kier molecular flexibility index (Phi) is 4.58. The first-order valence-corrected chi connectivity index (χ1v) is 8.77. The Morgan fingerprint density at radius 1 is 1.35 bits per heavy atom. The molecule has 1 saturated carbocycles. The number of nitrogens with zero attached hydrogens (tertiary/aromatic N) is 3. The van der Waals surface area contributed by atoms with Crippen LogP contribution in [-0.2, 0) is 0 Å². The highest BCUT2D eigenvalue weighted by molar-refractivity contribution is 7.15. The quantitative estimate of drug-likeness (QED) is 0.873. The van der Waals surface area contributed by atoms with Crippen LogP contribution < -0.4 is 10.2 Å².